The van der Waals surface area contributed by atoms with Crippen LogP contribution in [0.3, 0.4) is 0 Å². The molecule has 3 rings (SSSR count). The first-order valence-electron chi connectivity index (χ1n) is 6.01. The number of rotatable bonds is 2. The molecule has 0 fully saturated rings. The van der Waals surface area contributed by atoms with Gasteiger partial charge in [-0.05, 0) is 23.2 Å². The minimum absolute atomic E-state index is 0.332. The minimum atomic E-state index is -1.30. The van der Waals surface area contributed by atoms with Gasteiger partial charge in [-0.25, -0.2) is 9.05 Å². The zero-order valence-electron chi connectivity index (χ0n) is 10.4. The van der Waals surface area contributed by atoms with Crippen LogP contribution in [0.4, 0.5) is 5.69 Å². The van der Waals surface area contributed by atoms with Gasteiger partial charge in [0.05, 0.1) is 24.0 Å². The third kappa shape index (κ3) is 2.27. The molecule has 0 bridgehead atoms. The van der Waals surface area contributed by atoms with Crippen molar-refractivity contribution < 1.29 is 13.9 Å². The molecule has 1 aliphatic rings. The van der Waals surface area contributed by atoms with Gasteiger partial charge in [-0.2, -0.15) is 0 Å². The van der Waals surface area contributed by atoms with Crippen LogP contribution in [-0.4, -0.2) is 16.4 Å². The average molecular weight is 283 g/mol. The van der Waals surface area contributed by atoms with Crippen molar-refractivity contribution in [3.8, 4) is 0 Å². The predicted octanol–water partition coefficient (Wildman–Crippen LogP) is 1.62. The van der Waals surface area contributed by atoms with E-state index in [0.717, 1.165) is 11.0 Å². The smallest absolute Gasteiger partial charge is 0.423 e. The van der Waals surface area contributed by atoms with Crippen molar-refractivity contribution in [3.63, 3.8) is 0 Å². The number of benzene rings is 2. The molecular weight excluding hydrogens is 273 g/mol. The molecule has 0 spiro atoms. The molecule has 1 atom stereocenters. The molecule has 0 saturated heterocycles. The van der Waals surface area contributed by atoms with Crippen LogP contribution in [0, 0.1) is 6.57 Å². The molecular formula is C14H10BNO3S. The lowest BCUT2D eigenvalue weighted by molar-refractivity contribution is 0.275. The molecule has 0 amide bonds. The molecule has 1 N–H and O–H groups in total. The molecule has 6 heteroatoms. The molecule has 1 unspecified atom stereocenters. The van der Waals surface area contributed by atoms with Crippen molar-refractivity contribution in [2.45, 2.75) is 16.4 Å². The van der Waals surface area contributed by atoms with Crippen LogP contribution in [0.25, 0.3) is 4.85 Å². The third-order valence-corrected chi connectivity index (χ3v) is 4.55. The Morgan fingerprint density at radius 3 is 2.60 bits per heavy atom. The van der Waals surface area contributed by atoms with Gasteiger partial charge in [0, 0.05) is 9.79 Å². The van der Waals surface area contributed by atoms with Crippen molar-refractivity contribution in [2.24, 2.45) is 0 Å². The summed E-state index contributed by atoms with van der Waals surface area (Å²) in [5, 5.41) is 9.56. The Kier molecular flexibility index (Phi) is 3.41. The number of hydrogen-bond acceptors (Lipinski definition) is 3. The Morgan fingerprint density at radius 2 is 1.90 bits per heavy atom. The lowest BCUT2D eigenvalue weighted by Gasteiger charge is -2.05. The molecule has 2 aromatic carbocycles. The fourth-order valence-corrected chi connectivity index (χ4v) is 3.20. The van der Waals surface area contributed by atoms with E-state index >= 15 is 0 Å². The molecule has 4 nitrogen and oxygen atoms in total. The van der Waals surface area contributed by atoms with Crippen molar-refractivity contribution in [2.75, 3.05) is 0 Å². The molecule has 2 aromatic rings. The van der Waals surface area contributed by atoms with Gasteiger partial charge in [0.15, 0.2) is 5.69 Å². The minimum Gasteiger partial charge on any atom is -0.423 e. The lowest BCUT2D eigenvalue weighted by Crippen LogP contribution is -2.27. The largest absolute Gasteiger partial charge is 0.491 e. The van der Waals surface area contributed by atoms with Gasteiger partial charge in [0.25, 0.3) is 0 Å². The van der Waals surface area contributed by atoms with E-state index in [0.29, 0.717) is 22.1 Å². The molecule has 20 heavy (non-hydrogen) atoms. The zero-order chi connectivity index (χ0) is 14.1. The summed E-state index contributed by atoms with van der Waals surface area (Å²) in [6.45, 7) is 7.23. The van der Waals surface area contributed by atoms with Crippen molar-refractivity contribution in [1.82, 2.24) is 0 Å². The summed E-state index contributed by atoms with van der Waals surface area (Å²) in [5.41, 5.74) is 2.12. The molecule has 98 valence electrons. The molecule has 0 aliphatic carbocycles. The van der Waals surface area contributed by atoms with Crippen LogP contribution in [0.1, 0.15) is 5.56 Å². The van der Waals surface area contributed by atoms with E-state index in [1.807, 2.05) is 0 Å². The van der Waals surface area contributed by atoms with E-state index < -0.39 is 17.9 Å². The molecule has 0 aromatic heterocycles. The summed E-state index contributed by atoms with van der Waals surface area (Å²) in [7, 11) is -2.18. The quantitative estimate of drug-likeness (QED) is 0.673. The summed E-state index contributed by atoms with van der Waals surface area (Å²) in [6, 6.07) is 12.0. The summed E-state index contributed by atoms with van der Waals surface area (Å²) >= 11 is 0. The van der Waals surface area contributed by atoms with Crippen LogP contribution >= 0.6 is 0 Å². The summed E-state index contributed by atoms with van der Waals surface area (Å²) in [5.74, 6) is 0. The monoisotopic (exact) mass is 283 g/mol. The van der Waals surface area contributed by atoms with Gasteiger partial charge in [0.2, 0.25) is 0 Å². The van der Waals surface area contributed by atoms with E-state index in [2.05, 4.69) is 4.85 Å². The van der Waals surface area contributed by atoms with Gasteiger partial charge >= 0.3 is 7.12 Å². The van der Waals surface area contributed by atoms with Crippen LogP contribution in [0.5, 0.6) is 0 Å². The van der Waals surface area contributed by atoms with E-state index in [9.17, 15) is 9.23 Å². The van der Waals surface area contributed by atoms with Gasteiger partial charge in [-0.1, -0.05) is 30.3 Å². The van der Waals surface area contributed by atoms with E-state index in [-0.39, 0.29) is 0 Å². The van der Waals surface area contributed by atoms with Crippen LogP contribution in [0.15, 0.2) is 52.3 Å². The first-order valence-corrected chi connectivity index (χ1v) is 7.16. The Balaban J connectivity index is 1.93. The van der Waals surface area contributed by atoms with Gasteiger partial charge in [-0.15, -0.1) is 0 Å². The second-order valence-corrected chi connectivity index (χ2v) is 5.88. The second-order valence-electron chi connectivity index (χ2n) is 4.40. The van der Waals surface area contributed by atoms with Crippen molar-refractivity contribution >= 4 is 29.1 Å². The highest BCUT2D eigenvalue weighted by Gasteiger charge is 2.27. The third-order valence-electron chi connectivity index (χ3n) is 3.17. The maximum atomic E-state index is 12.5. The Bertz CT molecular complexity index is 724. The number of fused-ring (bicyclic) bond motifs is 1. The van der Waals surface area contributed by atoms with Gasteiger partial charge in [-0.3, -0.25) is 0 Å². The topological polar surface area (TPSA) is 50.9 Å². The van der Waals surface area contributed by atoms with Crippen molar-refractivity contribution in [3.05, 3.63) is 59.4 Å². The lowest BCUT2D eigenvalue weighted by atomic mass is 9.80. The van der Waals surface area contributed by atoms with Crippen LogP contribution in [-0.2, 0) is 22.1 Å². The summed E-state index contributed by atoms with van der Waals surface area (Å²) in [4.78, 5) is 4.62. The van der Waals surface area contributed by atoms with E-state index in [1.165, 1.54) is 0 Å². The summed E-state index contributed by atoms with van der Waals surface area (Å²) in [6.07, 6.45) is 0. The Morgan fingerprint density at radius 1 is 1.20 bits per heavy atom. The SMILES string of the molecule is [C-]#[N+]c1ccc(S(=O)c2ccc3c(c2)COB3O)cc1. The normalized spacial score (nSPS) is 14.7. The highest BCUT2D eigenvalue weighted by atomic mass is 32.2. The second kappa shape index (κ2) is 5.21. The van der Waals surface area contributed by atoms with Crippen molar-refractivity contribution in [1.29, 1.82) is 0 Å². The maximum absolute atomic E-state index is 12.5. The average Bonchev–Trinajstić information content (AvgIpc) is 2.87. The summed E-state index contributed by atoms with van der Waals surface area (Å²) < 4.78 is 17.6. The number of nitrogens with zero attached hydrogens (tertiary/aromatic N) is 1. The van der Waals surface area contributed by atoms with Gasteiger partial charge < -0.3 is 9.68 Å². The standard InChI is InChI=1S/C14H10BNO3S/c1-16-11-2-4-12(5-3-11)20(18)13-6-7-14-10(8-13)9-19-15(14)17/h2-8,17H,9H2. The Hall–Kier alpha value is -1.94. The molecule has 0 saturated carbocycles. The Labute approximate surface area is 119 Å². The van der Waals surface area contributed by atoms with Crippen LogP contribution in [0.2, 0.25) is 0 Å². The van der Waals surface area contributed by atoms with Gasteiger partial charge in [0.1, 0.15) is 0 Å². The predicted molar refractivity (Wildman–Crippen MR) is 76.2 cm³/mol. The maximum Gasteiger partial charge on any atom is 0.491 e. The first kappa shape index (κ1) is 13.1. The zero-order valence-corrected chi connectivity index (χ0v) is 11.3. The highest BCUT2D eigenvalue weighted by Crippen LogP contribution is 2.21. The fourth-order valence-electron chi connectivity index (χ4n) is 2.10. The number of hydrogen-bond donors (Lipinski definition) is 1. The molecule has 1 heterocycles. The van der Waals surface area contributed by atoms with E-state index in [4.69, 9.17) is 11.2 Å². The molecule has 1 aliphatic heterocycles. The highest BCUT2D eigenvalue weighted by molar-refractivity contribution is 7.85. The first-order chi connectivity index (χ1) is 9.69. The van der Waals surface area contributed by atoms with Crippen LogP contribution < -0.4 is 5.46 Å². The van der Waals surface area contributed by atoms with E-state index in [1.54, 1.807) is 42.5 Å². The molecule has 0 radical (unpaired) electrons. The fraction of sp³-hybridized carbons (Fsp3) is 0.0714.